The lowest BCUT2D eigenvalue weighted by Gasteiger charge is -2.32. The normalized spacial score (nSPS) is 14.2. The Morgan fingerprint density at radius 3 is 2.37 bits per heavy atom. The number of halogens is 1. The van der Waals surface area contributed by atoms with E-state index in [1.165, 1.54) is 19.2 Å². The van der Waals surface area contributed by atoms with Gasteiger partial charge < -0.3 is 18.9 Å². The Bertz CT molecular complexity index is 1320. The van der Waals surface area contributed by atoms with Crippen LogP contribution in [0.3, 0.4) is 0 Å². The predicted molar refractivity (Wildman–Crippen MR) is 143 cm³/mol. The van der Waals surface area contributed by atoms with E-state index in [9.17, 15) is 18.8 Å². The number of carbonyl (C=O) groups excluding carboxylic acids is 3. The first kappa shape index (κ1) is 27.4. The number of carbonyl (C=O) groups is 3. The van der Waals surface area contributed by atoms with E-state index >= 15 is 0 Å². The molecule has 4 rings (SSSR count). The summed E-state index contributed by atoms with van der Waals surface area (Å²) in [6.07, 6.45) is 4.78. The summed E-state index contributed by atoms with van der Waals surface area (Å²) >= 11 is 0. The number of hydrogen-bond donors (Lipinski definition) is 0. The summed E-state index contributed by atoms with van der Waals surface area (Å²) in [5.74, 6) is -0.874. The third kappa shape index (κ3) is 6.06. The second-order valence-electron chi connectivity index (χ2n) is 10.4. The fourth-order valence-electron chi connectivity index (χ4n) is 4.95. The second-order valence-corrected chi connectivity index (χ2v) is 10.4. The molecule has 0 radical (unpaired) electrons. The number of hydrogen-bond acceptors (Lipinski definition) is 5. The largest absolute Gasteiger partial charge is 0.496 e. The Kier molecular flexibility index (Phi) is 8.49. The van der Waals surface area contributed by atoms with Crippen molar-refractivity contribution < 1.29 is 28.2 Å². The maximum Gasteiger partial charge on any atom is 0.379 e. The molecular weight excluding hydrogens is 487 g/mol. The van der Waals surface area contributed by atoms with E-state index in [0.717, 1.165) is 24.8 Å². The fourth-order valence-corrected chi connectivity index (χ4v) is 4.95. The van der Waals surface area contributed by atoms with Crippen LogP contribution in [-0.4, -0.2) is 53.9 Å². The molecule has 1 fully saturated rings. The van der Waals surface area contributed by atoms with Gasteiger partial charge in [-0.3, -0.25) is 9.59 Å². The SMILES string of the molecule is COc1cc2c(cc1C(=O)N1CCC(Cc3ccc(F)cc3)CC1)c(C(=O)C(=O)OCCC(C)C)cn2C. The molecule has 38 heavy (non-hydrogen) atoms. The third-order valence-electron chi connectivity index (χ3n) is 7.24. The summed E-state index contributed by atoms with van der Waals surface area (Å²) in [4.78, 5) is 40.8. The molecule has 0 atom stereocenters. The number of nitrogens with zero attached hydrogens (tertiary/aromatic N) is 2. The lowest BCUT2D eigenvalue weighted by atomic mass is 9.90. The standard InChI is InChI=1S/C30H35FN2O5/c1-19(2)11-14-38-30(36)28(34)25-18-32(3)26-17-27(37-4)24(16-23(25)26)29(35)33-12-9-21(10-13-33)15-20-5-7-22(31)8-6-20/h5-8,16-19,21H,9-15H2,1-4H3. The van der Waals surface area contributed by atoms with Crippen molar-refractivity contribution in [3.05, 3.63) is 65.1 Å². The van der Waals surface area contributed by atoms with Gasteiger partial charge in [-0.2, -0.15) is 0 Å². The van der Waals surface area contributed by atoms with Crippen LogP contribution in [0, 0.1) is 17.7 Å². The Morgan fingerprint density at radius 1 is 1.05 bits per heavy atom. The van der Waals surface area contributed by atoms with Crippen LogP contribution in [0.2, 0.25) is 0 Å². The van der Waals surface area contributed by atoms with Crippen molar-refractivity contribution in [1.82, 2.24) is 9.47 Å². The Labute approximate surface area is 222 Å². The van der Waals surface area contributed by atoms with Crippen molar-refractivity contribution in [2.45, 2.75) is 39.5 Å². The molecule has 1 aliphatic heterocycles. The number of ether oxygens (including phenoxy) is 2. The van der Waals surface area contributed by atoms with Crippen molar-refractivity contribution in [1.29, 1.82) is 0 Å². The molecule has 2 aromatic carbocycles. The van der Waals surface area contributed by atoms with Gasteiger partial charge in [0, 0.05) is 37.8 Å². The number of aryl methyl sites for hydroxylation is 1. The average molecular weight is 523 g/mol. The first-order chi connectivity index (χ1) is 18.2. The van der Waals surface area contributed by atoms with E-state index in [-0.39, 0.29) is 23.9 Å². The van der Waals surface area contributed by atoms with Crippen molar-refractivity contribution in [3.63, 3.8) is 0 Å². The fraction of sp³-hybridized carbons (Fsp3) is 0.433. The van der Waals surface area contributed by atoms with Crippen LogP contribution in [0.25, 0.3) is 10.9 Å². The van der Waals surface area contributed by atoms with Gasteiger partial charge >= 0.3 is 5.97 Å². The number of amides is 1. The molecule has 202 valence electrons. The zero-order valence-corrected chi connectivity index (χ0v) is 22.5. The lowest BCUT2D eigenvalue weighted by molar-refractivity contribution is -0.138. The van der Waals surface area contributed by atoms with E-state index in [1.807, 2.05) is 26.0 Å². The van der Waals surface area contributed by atoms with E-state index < -0.39 is 11.8 Å². The highest BCUT2D eigenvalue weighted by Gasteiger charge is 2.28. The van der Waals surface area contributed by atoms with Crippen molar-refractivity contribution in [2.75, 3.05) is 26.8 Å². The van der Waals surface area contributed by atoms with Gasteiger partial charge in [-0.05, 0) is 61.3 Å². The van der Waals surface area contributed by atoms with Crippen molar-refractivity contribution in [3.8, 4) is 5.75 Å². The summed E-state index contributed by atoms with van der Waals surface area (Å²) in [5, 5.41) is 0.508. The first-order valence-electron chi connectivity index (χ1n) is 13.1. The van der Waals surface area contributed by atoms with E-state index in [2.05, 4.69) is 0 Å². The number of rotatable bonds is 9. The van der Waals surface area contributed by atoms with Crippen LogP contribution in [-0.2, 0) is 23.0 Å². The topological polar surface area (TPSA) is 77.8 Å². The number of likely N-dealkylation sites (tertiary alicyclic amines) is 1. The molecule has 7 nitrogen and oxygen atoms in total. The molecule has 0 aliphatic carbocycles. The van der Waals surface area contributed by atoms with Gasteiger partial charge in [0.15, 0.2) is 0 Å². The Hall–Kier alpha value is -3.68. The number of Topliss-reactive ketones (excluding diaryl/α,β-unsaturated/α-hetero) is 1. The highest BCUT2D eigenvalue weighted by Crippen LogP contribution is 2.32. The van der Waals surface area contributed by atoms with Crippen LogP contribution >= 0.6 is 0 Å². The summed E-state index contributed by atoms with van der Waals surface area (Å²) in [6, 6.07) is 9.95. The highest BCUT2D eigenvalue weighted by molar-refractivity contribution is 6.43. The van der Waals surface area contributed by atoms with Crippen LogP contribution in [0.1, 0.15) is 59.4 Å². The van der Waals surface area contributed by atoms with E-state index in [4.69, 9.17) is 9.47 Å². The minimum atomic E-state index is -0.898. The zero-order chi connectivity index (χ0) is 27.4. The number of fused-ring (bicyclic) bond motifs is 1. The molecule has 8 heteroatoms. The summed E-state index contributed by atoms with van der Waals surface area (Å²) < 4.78 is 25.7. The molecule has 1 aromatic heterocycles. The molecular formula is C30H35FN2O5. The van der Waals surface area contributed by atoms with Crippen molar-refractivity contribution >= 4 is 28.6 Å². The lowest BCUT2D eigenvalue weighted by Crippen LogP contribution is -2.39. The summed E-state index contributed by atoms with van der Waals surface area (Å²) in [6.45, 7) is 5.39. The number of ketones is 1. The van der Waals surface area contributed by atoms with E-state index in [1.54, 1.807) is 34.8 Å². The predicted octanol–water partition coefficient (Wildman–Crippen LogP) is 5.19. The molecule has 1 saturated heterocycles. The molecule has 2 heterocycles. The minimum absolute atomic E-state index is 0.175. The van der Waals surface area contributed by atoms with Crippen LogP contribution in [0.4, 0.5) is 4.39 Å². The third-order valence-corrected chi connectivity index (χ3v) is 7.24. The van der Waals surface area contributed by atoms with Gasteiger partial charge in [0.2, 0.25) is 0 Å². The molecule has 1 amide bonds. The number of aromatic nitrogens is 1. The summed E-state index contributed by atoms with van der Waals surface area (Å²) in [7, 11) is 3.28. The maximum atomic E-state index is 13.6. The molecule has 1 aliphatic rings. The molecule has 0 saturated carbocycles. The molecule has 0 N–H and O–H groups in total. The van der Waals surface area contributed by atoms with Gasteiger partial charge in [0.25, 0.3) is 11.7 Å². The molecule has 0 spiro atoms. The quantitative estimate of drug-likeness (QED) is 0.220. The minimum Gasteiger partial charge on any atom is -0.496 e. The highest BCUT2D eigenvalue weighted by atomic mass is 19.1. The van der Waals surface area contributed by atoms with Gasteiger partial charge in [-0.1, -0.05) is 26.0 Å². The van der Waals surface area contributed by atoms with Gasteiger partial charge in [-0.15, -0.1) is 0 Å². The smallest absolute Gasteiger partial charge is 0.379 e. The van der Waals surface area contributed by atoms with Gasteiger partial charge in [0.05, 0.1) is 30.4 Å². The number of piperidine rings is 1. The van der Waals surface area contributed by atoms with Crippen LogP contribution in [0.15, 0.2) is 42.6 Å². The van der Waals surface area contributed by atoms with Gasteiger partial charge in [-0.25, -0.2) is 9.18 Å². The number of benzene rings is 2. The van der Waals surface area contributed by atoms with E-state index in [0.29, 0.717) is 53.6 Å². The van der Waals surface area contributed by atoms with Crippen molar-refractivity contribution in [2.24, 2.45) is 18.9 Å². The molecule has 0 bridgehead atoms. The molecule has 3 aromatic rings. The number of methoxy groups -OCH3 is 1. The van der Waals surface area contributed by atoms with Crippen LogP contribution in [0.5, 0.6) is 5.75 Å². The number of esters is 1. The zero-order valence-electron chi connectivity index (χ0n) is 22.5. The Balaban J connectivity index is 1.51. The average Bonchev–Trinajstić information content (AvgIpc) is 3.23. The monoisotopic (exact) mass is 522 g/mol. The second kappa shape index (κ2) is 11.8. The first-order valence-corrected chi connectivity index (χ1v) is 13.1. The molecule has 0 unspecified atom stereocenters. The van der Waals surface area contributed by atoms with Crippen LogP contribution < -0.4 is 4.74 Å². The maximum absolute atomic E-state index is 13.6. The summed E-state index contributed by atoms with van der Waals surface area (Å²) in [5.41, 5.74) is 2.32. The van der Waals surface area contributed by atoms with Gasteiger partial charge in [0.1, 0.15) is 11.6 Å². The Morgan fingerprint density at radius 2 is 1.74 bits per heavy atom.